The van der Waals surface area contributed by atoms with Gasteiger partial charge in [0.05, 0.1) is 33.0 Å². The predicted octanol–water partition coefficient (Wildman–Crippen LogP) is 1.55. The van der Waals surface area contributed by atoms with Crippen LogP contribution < -0.4 is 4.74 Å². The molecule has 0 aromatic heterocycles. The van der Waals surface area contributed by atoms with Gasteiger partial charge in [-0.1, -0.05) is 12.1 Å². The highest BCUT2D eigenvalue weighted by Gasteiger charge is 1.93. The van der Waals surface area contributed by atoms with E-state index in [1.165, 1.54) is 0 Å². The molecule has 0 saturated heterocycles. The molecule has 0 bridgehead atoms. The van der Waals surface area contributed by atoms with Crippen molar-refractivity contribution < 1.29 is 18.9 Å². The minimum absolute atomic E-state index is 0.538. The molecule has 4 heteroatoms. The molecule has 17 heavy (non-hydrogen) atoms. The lowest BCUT2D eigenvalue weighted by Gasteiger charge is -2.07. The lowest BCUT2D eigenvalue weighted by Crippen LogP contribution is -2.12. The molecule has 0 heterocycles. The fourth-order valence-corrected chi connectivity index (χ4v) is 1.15. The van der Waals surface area contributed by atoms with E-state index in [1.54, 1.807) is 13.2 Å². The van der Waals surface area contributed by atoms with Crippen LogP contribution in [0.25, 0.3) is 0 Å². The smallest absolute Gasteiger partial charge is 0.120 e. The van der Waals surface area contributed by atoms with Gasteiger partial charge in [0, 0.05) is 7.11 Å². The molecule has 1 rings (SSSR count). The van der Waals surface area contributed by atoms with Crippen LogP contribution in [0.15, 0.2) is 24.3 Å². The van der Waals surface area contributed by atoms with Gasteiger partial charge in [-0.15, -0.1) is 0 Å². The maximum atomic E-state index is 5.43. The Morgan fingerprint density at radius 2 is 1.71 bits per heavy atom. The Morgan fingerprint density at radius 3 is 2.35 bits per heavy atom. The Kier molecular flexibility index (Phi) is 8.28. The van der Waals surface area contributed by atoms with Crippen LogP contribution in [0.1, 0.15) is 0 Å². The monoisotopic (exact) mass is 239 g/mol. The van der Waals surface area contributed by atoms with Gasteiger partial charge in [-0.3, -0.25) is 0 Å². The average molecular weight is 239 g/mol. The Labute approximate surface area is 102 Å². The molecule has 0 amide bonds. The van der Waals surface area contributed by atoms with Gasteiger partial charge < -0.3 is 18.9 Å². The zero-order valence-corrected chi connectivity index (χ0v) is 10.2. The zero-order chi connectivity index (χ0) is 12.2. The van der Waals surface area contributed by atoms with Crippen molar-refractivity contribution in [3.63, 3.8) is 0 Å². The largest absolute Gasteiger partial charge is 0.491 e. The van der Waals surface area contributed by atoms with Crippen molar-refractivity contribution in [3.8, 4) is 5.75 Å². The van der Waals surface area contributed by atoms with Crippen molar-refractivity contribution in [2.75, 3.05) is 46.8 Å². The van der Waals surface area contributed by atoms with E-state index in [0.717, 1.165) is 5.75 Å². The topological polar surface area (TPSA) is 36.9 Å². The number of rotatable bonds is 10. The first kappa shape index (κ1) is 14.0. The highest BCUT2D eigenvalue weighted by atomic mass is 16.6. The second-order valence-corrected chi connectivity index (χ2v) is 3.31. The summed E-state index contributed by atoms with van der Waals surface area (Å²) in [6.07, 6.45) is 0. The van der Waals surface area contributed by atoms with Gasteiger partial charge >= 0.3 is 0 Å². The Morgan fingerprint density at radius 1 is 1.00 bits per heavy atom. The predicted molar refractivity (Wildman–Crippen MR) is 64.3 cm³/mol. The van der Waals surface area contributed by atoms with Gasteiger partial charge in [0.15, 0.2) is 0 Å². The van der Waals surface area contributed by atoms with Crippen molar-refractivity contribution in [3.05, 3.63) is 30.3 Å². The molecule has 4 nitrogen and oxygen atoms in total. The molecule has 0 atom stereocenters. The van der Waals surface area contributed by atoms with Crippen molar-refractivity contribution in [2.45, 2.75) is 0 Å². The van der Waals surface area contributed by atoms with Gasteiger partial charge in [0.1, 0.15) is 12.4 Å². The lowest BCUT2D eigenvalue weighted by atomic mass is 10.3. The summed E-state index contributed by atoms with van der Waals surface area (Å²) in [5.41, 5.74) is 0. The first-order chi connectivity index (χ1) is 8.43. The summed E-state index contributed by atoms with van der Waals surface area (Å²) in [7, 11) is 1.65. The van der Waals surface area contributed by atoms with Gasteiger partial charge in [-0.2, -0.15) is 0 Å². The summed E-state index contributed by atoms with van der Waals surface area (Å²) in [4.78, 5) is 0. The molecule has 0 aliphatic carbocycles. The van der Waals surface area contributed by atoms with Gasteiger partial charge in [0.25, 0.3) is 0 Å². The molecular formula is C13H19O4. The molecule has 1 aromatic carbocycles. The van der Waals surface area contributed by atoms with E-state index in [4.69, 9.17) is 18.9 Å². The second kappa shape index (κ2) is 10.1. The van der Waals surface area contributed by atoms with E-state index >= 15 is 0 Å². The minimum Gasteiger partial charge on any atom is -0.491 e. The summed E-state index contributed by atoms with van der Waals surface area (Å²) in [6, 6.07) is 10.4. The number of hydrogen-bond acceptors (Lipinski definition) is 4. The third kappa shape index (κ3) is 7.74. The fraction of sp³-hybridized carbons (Fsp3) is 0.538. The third-order valence-corrected chi connectivity index (χ3v) is 1.98. The van der Waals surface area contributed by atoms with Crippen molar-refractivity contribution in [1.82, 2.24) is 0 Å². The van der Waals surface area contributed by atoms with Crippen LogP contribution in [-0.4, -0.2) is 46.8 Å². The van der Waals surface area contributed by atoms with E-state index in [9.17, 15) is 0 Å². The summed E-state index contributed by atoms with van der Waals surface area (Å²) in [5, 5.41) is 0. The van der Waals surface area contributed by atoms with Gasteiger partial charge in [-0.25, -0.2) is 0 Å². The van der Waals surface area contributed by atoms with Crippen LogP contribution in [0.4, 0.5) is 0 Å². The molecule has 0 aliphatic rings. The van der Waals surface area contributed by atoms with Gasteiger partial charge in [0.2, 0.25) is 0 Å². The van der Waals surface area contributed by atoms with Gasteiger partial charge in [-0.05, 0) is 18.2 Å². The summed E-state index contributed by atoms with van der Waals surface area (Å²) in [5.74, 6) is 0.812. The standard InChI is InChI=1S/C13H19O4/c1-14-7-8-15-9-10-16-11-12-17-13-5-3-2-4-6-13/h2-3,5-6H,7-12H2,1H3. The van der Waals surface area contributed by atoms with E-state index in [1.807, 2.05) is 18.2 Å². The van der Waals surface area contributed by atoms with E-state index < -0.39 is 0 Å². The minimum atomic E-state index is 0.538. The van der Waals surface area contributed by atoms with E-state index in [2.05, 4.69) is 6.07 Å². The fourth-order valence-electron chi connectivity index (χ4n) is 1.15. The molecule has 95 valence electrons. The number of methoxy groups -OCH3 is 1. The molecular weight excluding hydrogens is 220 g/mol. The first-order valence-corrected chi connectivity index (χ1v) is 5.67. The molecule has 0 spiro atoms. The van der Waals surface area contributed by atoms with Crippen LogP contribution in [0, 0.1) is 6.07 Å². The first-order valence-electron chi connectivity index (χ1n) is 5.67. The number of ether oxygens (including phenoxy) is 4. The van der Waals surface area contributed by atoms with Crippen LogP contribution in [0.3, 0.4) is 0 Å². The van der Waals surface area contributed by atoms with Crippen LogP contribution in [0.2, 0.25) is 0 Å². The SMILES string of the molecule is COCCOCCOCCOc1c[c]ccc1. The number of hydrogen-bond donors (Lipinski definition) is 0. The third-order valence-electron chi connectivity index (χ3n) is 1.98. The Balaban J connectivity index is 1.85. The molecule has 1 aromatic rings. The van der Waals surface area contributed by atoms with Crippen molar-refractivity contribution >= 4 is 0 Å². The summed E-state index contributed by atoms with van der Waals surface area (Å²) < 4.78 is 20.9. The second-order valence-electron chi connectivity index (χ2n) is 3.31. The summed E-state index contributed by atoms with van der Waals surface area (Å²) >= 11 is 0. The highest BCUT2D eigenvalue weighted by Crippen LogP contribution is 2.06. The van der Waals surface area contributed by atoms with Crippen LogP contribution in [0.5, 0.6) is 5.75 Å². The van der Waals surface area contributed by atoms with E-state index in [0.29, 0.717) is 39.6 Å². The maximum Gasteiger partial charge on any atom is 0.120 e. The lowest BCUT2D eigenvalue weighted by molar-refractivity contribution is 0.0180. The molecule has 0 unspecified atom stereocenters. The zero-order valence-electron chi connectivity index (χ0n) is 10.2. The number of benzene rings is 1. The Hall–Kier alpha value is -1.10. The van der Waals surface area contributed by atoms with Crippen LogP contribution >= 0.6 is 0 Å². The van der Waals surface area contributed by atoms with Crippen LogP contribution in [-0.2, 0) is 14.2 Å². The maximum absolute atomic E-state index is 5.43. The molecule has 0 aliphatic heterocycles. The molecule has 0 saturated carbocycles. The Bertz CT molecular complexity index is 263. The van der Waals surface area contributed by atoms with Crippen molar-refractivity contribution in [2.24, 2.45) is 0 Å². The quantitative estimate of drug-likeness (QED) is 0.580. The summed E-state index contributed by atoms with van der Waals surface area (Å²) in [6.45, 7) is 3.48. The van der Waals surface area contributed by atoms with Crippen molar-refractivity contribution in [1.29, 1.82) is 0 Å². The van der Waals surface area contributed by atoms with E-state index in [-0.39, 0.29) is 0 Å². The normalized spacial score (nSPS) is 10.4. The molecule has 1 radical (unpaired) electrons. The highest BCUT2D eigenvalue weighted by molar-refractivity contribution is 5.19. The molecule has 0 N–H and O–H groups in total. The average Bonchev–Trinajstić information content (AvgIpc) is 2.38. The molecule has 0 fully saturated rings.